The highest BCUT2D eigenvalue weighted by Crippen LogP contribution is 2.18. The van der Waals surface area contributed by atoms with E-state index in [1.165, 1.54) is 0 Å². The zero-order chi connectivity index (χ0) is 22.5. The molecule has 1 saturated heterocycles. The van der Waals surface area contributed by atoms with Crippen LogP contribution in [-0.4, -0.2) is 62.0 Å². The van der Waals surface area contributed by atoms with E-state index in [0.717, 1.165) is 31.5 Å². The van der Waals surface area contributed by atoms with Gasteiger partial charge in [-0.25, -0.2) is 4.68 Å². The fraction of sp³-hybridized carbons (Fsp3) is 0.364. The number of aromatic nitrogens is 4. The summed E-state index contributed by atoms with van der Waals surface area (Å²) in [4.78, 5) is 27.0. The summed E-state index contributed by atoms with van der Waals surface area (Å²) in [5.74, 6) is 0.429. The Hall–Kier alpha value is -3.17. The van der Waals surface area contributed by atoms with E-state index in [9.17, 15) is 9.59 Å². The van der Waals surface area contributed by atoms with Gasteiger partial charge >= 0.3 is 0 Å². The Labute approximate surface area is 191 Å². The van der Waals surface area contributed by atoms with Gasteiger partial charge in [0.25, 0.3) is 5.91 Å². The first-order valence-corrected chi connectivity index (χ1v) is 10.9. The minimum atomic E-state index is -0.110. The first kappa shape index (κ1) is 22.0. The molecule has 3 aromatic rings. The van der Waals surface area contributed by atoms with Crippen molar-refractivity contribution in [2.24, 2.45) is 7.05 Å². The van der Waals surface area contributed by atoms with Crippen molar-refractivity contribution in [2.75, 3.05) is 25.0 Å². The van der Waals surface area contributed by atoms with Gasteiger partial charge in [-0.1, -0.05) is 29.8 Å². The maximum absolute atomic E-state index is 12.6. The molecule has 0 saturated carbocycles. The molecule has 168 valence electrons. The molecule has 1 fully saturated rings. The molecule has 2 amide bonds. The van der Waals surface area contributed by atoms with Crippen molar-refractivity contribution in [3.8, 4) is 0 Å². The molecule has 10 heteroatoms. The van der Waals surface area contributed by atoms with E-state index in [-0.39, 0.29) is 17.9 Å². The van der Waals surface area contributed by atoms with Crippen molar-refractivity contribution < 1.29 is 9.59 Å². The Kier molecular flexibility index (Phi) is 6.87. The predicted molar refractivity (Wildman–Crippen MR) is 122 cm³/mol. The van der Waals surface area contributed by atoms with E-state index in [1.54, 1.807) is 41.1 Å². The lowest BCUT2D eigenvalue weighted by molar-refractivity contribution is -0.117. The van der Waals surface area contributed by atoms with E-state index in [2.05, 4.69) is 25.7 Å². The van der Waals surface area contributed by atoms with Crippen LogP contribution in [0.1, 0.15) is 28.8 Å². The molecule has 3 heterocycles. The van der Waals surface area contributed by atoms with Gasteiger partial charge < -0.3 is 10.6 Å². The van der Waals surface area contributed by atoms with Crippen molar-refractivity contribution in [1.29, 1.82) is 0 Å². The van der Waals surface area contributed by atoms with Crippen LogP contribution >= 0.6 is 11.6 Å². The van der Waals surface area contributed by atoms with Gasteiger partial charge in [0, 0.05) is 43.5 Å². The van der Waals surface area contributed by atoms with Crippen LogP contribution in [0.25, 0.3) is 0 Å². The fourth-order valence-electron chi connectivity index (χ4n) is 3.78. The maximum atomic E-state index is 12.6. The number of nitrogens with one attached hydrogen (secondary N) is 2. The normalized spacial score (nSPS) is 14.9. The molecule has 1 aliphatic heterocycles. The van der Waals surface area contributed by atoms with E-state index >= 15 is 0 Å². The van der Waals surface area contributed by atoms with E-state index in [1.807, 2.05) is 24.3 Å². The summed E-state index contributed by atoms with van der Waals surface area (Å²) in [5.41, 5.74) is 1.49. The van der Waals surface area contributed by atoms with Gasteiger partial charge in [0.15, 0.2) is 0 Å². The number of aryl methyl sites for hydroxylation is 1. The second-order valence-corrected chi connectivity index (χ2v) is 8.35. The smallest absolute Gasteiger partial charge is 0.254 e. The molecule has 2 aromatic heterocycles. The number of anilines is 1. The minimum Gasteiger partial charge on any atom is -0.349 e. The topological polar surface area (TPSA) is 97.1 Å². The molecule has 1 aromatic carbocycles. The molecule has 0 aliphatic carbocycles. The van der Waals surface area contributed by atoms with Gasteiger partial charge in [0.2, 0.25) is 5.91 Å². The quantitative estimate of drug-likeness (QED) is 0.569. The van der Waals surface area contributed by atoms with Gasteiger partial charge in [0.05, 0.1) is 31.0 Å². The number of halogens is 1. The lowest BCUT2D eigenvalue weighted by atomic mass is 10.0. The molecule has 9 nitrogen and oxygen atoms in total. The van der Waals surface area contributed by atoms with E-state index in [0.29, 0.717) is 29.5 Å². The highest BCUT2D eigenvalue weighted by atomic mass is 35.5. The number of piperidine rings is 1. The lowest BCUT2D eigenvalue weighted by Gasteiger charge is -2.31. The monoisotopic (exact) mass is 455 g/mol. The van der Waals surface area contributed by atoms with Gasteiger partial charge in [-0.15, -0.1) is 0 Å². The van der Waals surface area contributed by atoms with Crippen molar-refractivity contribution in [2.45, 2.75) is 25.4 Å². The molecule has 4 rings (SSSR count). The molecule has 0 radical (unpaired) electrons. The number of hydrogen-bond acceptors (Lipinski definition) is 5. The summed E-state index contributed by atoms with van der Waals surface area (Å²) in [6.45, 7) is 2.25. The Balaban J connectivity index is 1.24. The van der Waals surface area contributed by atoms with Gasteiger partial charge in [-0.05, 0) is 24.5 Å². The highest BCUT2D eigenvalue weighted by Gasteiger charge is 2.23. The summed E-state index contributed by atoms with van der Waals surface area (Å²) in [6.07, 6.45) is 6.51. The fourth-order valence-corrected chi connectivity index (χ4v) is 3.98. The largest absolute Gasteiger partial charge is 0.349 e. The average molecular weight is 456 g/mol. The maximum Gasteiger partial charge on any atom is 0.254 e. The van der Waals surface area contributed by atoms with Crippen molar-refractivity contribution in [3.63, 3.8) is 0 Å². The number of carbonyl (C=O) groups is 2. The number of hydrogen-bond donors (Lipinski definition) is 2. The van der Waals surface area contributed by atoms with Crippen molar-refractivity contribution in [3.05, 3.63) is 65.1 Å². The number of likely N-dealkylation sites (tertiary alicyclic amines) is 1. The molecule has 0 atom stereocenters. The molecule has 0 unspecified atom stereocenters. The Morgan fingerprint density at radius 2 is 1.94 bits per heavy atom. The van der Waals surface area contributed by atoms with Crippen LogP contribution in [-0.2, 0) is 18.4 Å². The summed E-state index contributed by atoms with van der Waals surface area (Å²) in [7, 11) is 1.78. The molecular weight excluding hydrogens is 430 g/mol. The van der Waals surface area contributed by atoms with Gasteiger partial charge in [0.1, 0.15) is 5.82 Å². The van der Waals surface area contributed by atoms with Crippen molar-refractivity contribution in [1.82, 2.24) is 29.8 Å². The first-order valence-electron chi connectivity index (χ1n) is 10.5. The second kappa shape index (κ2) is 9.97. The minimum absolute atomic E-state index is 0.0937. The number of rotatable bonds is 7. The van der Waals surface area contributed by atoms with Crippen LogP contribution in [0.15, 0.2) is 48.9 Å². The zero-order valence-electron chi connectivity index (χ0n) is 17.9. The van der Waals surface area contributed by atoms with Crippen LogP contribution in [0.2, 0.25) is 5.02 Å². The summed E-state index contributed by atoms with van der Waals surface area (Å²) < 4.78 is 3.33. The third kappa shape index (κ3) is 5.54. The number of carbonyl (C=O) groups excluding carboxylic acids is 2. The Morgan fingerprint density at radius 3 is 2.66 bits per heavy atom. The third-order valence-electron chi connectivity index (χ3n) is 5.52. The summed E-state index contributed by atoms with van der Waals surface area (Å²) >= 11 is 6.24. The van der Waals surface area contributed by atoms with E-state index in [4.69, 9.17) is 11.6 Å². The lowest BCUT2D eigenvalue weighted by Crippen LogP contribution is -2.46. The molecule has 2 N–H and O–H groups in total. The summed E-state index contributed by atoms with van der Waals surface area (Å²) in [6, 6.07) is 9.44. The average Bonchev–Trinajstić information content (AvgIpc) is 3.40. The Bertz CT molecular complexity index is 1090. The molecule has 32 heavy (non-hydrogen) atoms. The van der Waals surface area contributed by atoms with Crippen LogP contribution in [0, 0.1) is 0 Å². The van der Waals surface area contributed by atoms with Gasteiger partial charge in [-0.2, -0.15) is 10.2 Å². The van der Waals surface area contributed by atoms with Crippen molar-refractivity contribution >= 4 is 29.2 Å². The standard InChI is InChI=1S/C22H26ClN7O2/c1-28-13-17(12-25-28)22(32)26-18-7-10-29(11-8-18)15-21(31)27-20-6-9-24-30(20)14-16-4-2-3-5-19(16)23/h2-6,9,12-13,18H,7-8,10-11,14-15H2,1H3,(H,26,32)(H,27,31). The SMILES string of the molecule is Cn1cc(C(=O)NC2CCN(CC(=O)Nc3ccnn3Cc3ccccc3Cl)CC2)cn1. The predicted octanol–water partition coefficient (Wildman–Crippen LogP) is 2.15. The number of amides is 2. The molecule has 0 spiro atoms. The van der Waals surface area contributed by atoms with Crippen LogP contribution in [0.4, 0.5) is 5.82 Å². The molecule has 1 aliphatic rings. The van der Waals surface area contributed by atoms with Gasteiger partial charge in [-0.3, -0.25) is 19.2 Å². The van der Waals surface area contributed by atoms with E-state index < -0.39 is 0 Å². The zero-order valence-corrected chi connectivity index (χ0v) is 18.6. The number of benzene rings is 1. The van der Waals surface area contributed by atoms with Crippen LogP contribution in [0.3, 0.4) is 0 Å². The Morgan fingerprint density at radius 1 is 1.16 bits per heavy atom. The second-order valence-electron chi connectivity index (χ2n) is 7.94. The number of nitrogens with zero attached hydrogens (tertiary/aromatic N) is 5. The first-order chi connectivity index (χ1) is 15.5. The molecular formula is C22H26ClN7O2. The van der Waals surface area contributed by atoms with Crippen LogP contribution in [0.5, 0.6) is 0 Å². The highest BCUT2D eigenvalue weighted by molar-refractivity contribution is 6.31. The molecule has 0 bridgehead atoms. The third-order valence-corrected chi connectivity index (χ3v) is 5.89. The summed E-state index contributed by atoms with van der Waals surface area (Å²) in [5, 5.41) is 15.0. The van der Waals surface area contributed by atoms with Crippen LogP contribution < -0.4 is 10.6 Å².